The Balaban J connectivity index is 2.46. The first-order valence-electron chi connectivity index (χ1n) is 4.81. The summed E-state index contributed by atoms with van der Waals surface area (Å²) in [6.45, 7) is 5.79. The minimum atomic E-state index is -0.393. The molecule has 0 aromatic rings. The van der Waals surface area contributed by atoms with Crippen LogP contribution in [0.5, 0.6) is 0 Å². The second-order valence-electron chi connectivity index (χ2n) is 3.47. The molecule has 76 valence electrons. The number of carbonyl (C=O) groups excluding carboxylic acids is 1. The van der Waals surface area contributed by atoms with Crippen molar-refractivity contribution in [2.75, 3.05) is 19.7 Å². The molecule has 4 nitrogen and oxygen atoms in total. The highest BCUT2D eigenvalue weighted by Crippen LogP contribution is 2.08. The van der Waals surface area contributed by atoms with Gasteiger partial charge < -0.3 is 15.4 Å². The van der Waals surface area contributed by atoms with Gasteiger partial charge in [-0.1, -0.05) is 6.92 Å². The van der Waals surface area contributed by atoms with Crippen molar-refractivity contribution in [2.24, 2.45) is 5.73 Å². The smallest absolute Gasteiger partial charge is 0.239 e. The molecule has 13 heavy (non-hydrogen) atoms. The van der Waals surface area contributed by atoms with Crippen molar-refractivity contribution >= 4 is 5.91 Å². The molecule has 1 heterocycles. The predicted octanol–water partition coefficient (Wildman–Crippen LogP) is -0.0290. The van der Waals surface area contributed by atoms with Crippen LogP contribution in [-0.4, -0.2) is 42.6 Å². The molecule has 0 bridgehead atoms. The normalized spacial score (nSPS) is 25.8. The number of amides is 1. The van der Waals surface area contributed by atoms with Gasteiger partial charge in [0.15, 0.2) is 0 Å². The van der Waals surface area contributed by atoms with E-state index >= 15 is 0 Å². The Hall–Kier alpha value is -0.610. The summed E-state index contributed by atoms with van der Waals surface area (Å²) >= 11 is 0. The zero-order chi connectivity index (χ0) is 9.84. The number of nitrogens with zero attached hydrogens (tertiary/aromatic N) is 1. The summed E-state index contributed by atoms with van der Waals surface area (Å²) in [5.41, 5.74) is 5.52. The quantitative estimate of drug-likeness (QED) is 0.659. The van der Waals surface area contributed by atoms with Gasteiger partial charge in [0.25, 0.3) is 0 Å². The van der Waals surface area contributed by atoms with E-state index in [0.717, 1.165) is 6.42 Å². The summed E-state index contributed by atoms with van der Waals surface area (Å²) in [6.07, 6.45) is 1.14. The van der Waals surface area contributed by atoms with Gasteiger partial charge in [0.05, 0.1) is 18.8 Å². The first-order valence-corrected chi connectivity index (χ1v) is 4.81. The van der Waals surface area contributed by atoms with Crippen LogP contribution in [0, 0.1) is 0 Å². The molecule has 4 heteroatoms. The van der Waals surface area contributed by atoms with Crippen LogP contribution in [0.25, 0.3) is 0 Å². The van der Waals surface area contributed by atoms with Crippen molar-refractivity contribution in [3.8, 4) is 0 Å². The van der Waals surface area contributed by atoms with E-state index in [9.17, 15) is 4.79 Å². The Kier molecular flexibility index (Phi) is 3.69. The van der Waals surface area contributed by atoms with Gasteiger partial charge in [0.2, 0.25) is 5.91 Å². The van der Waals surface area contributed by atoms with Gasteiger partial charge in [-0.05, 0) is 13.3 Å². The van der Waals surface area contributed by atoms with E-state index in [2.05, 4.69) is 6.92 Å². The Morgan fingerprint density at radius 2 is 2.46 bits per heavy atom. The highest BCUT2D eigenvalue weighted by atomic mass is 16.5. The van der Waals surface area contributed by atoms with E-state index in [1.54, 1.807) is 11.8 Å². The lowest BCUT2D eigenvalue weighted by atomic mass is 10.2. The van der Waals surface area contributed by atoms with Crippen molar-refractivity contribution < 1.29 is 9.53 Å². The molecule has 2 atom stereocenters. The average molecular weight is 186 g/mol. The summed E-state index contributed by atoms with van der Waals surface area (Å²) in [7, 11) is 0. The molecular weight excluding hydrogens is 168 g/mol. The Morgan fingerprint density at radius 1 is 1.77 bits per heavy atom. The van der Waals surface area contributed by atoms with Gasteiger partial charge in [0.1, 0.15) is 0 Å². The number of hydrogen-bond donors (Lipinski definition) is 1. The number of rotatable bonds is 2. The van der Waals surface area contributed by atoms with Crippen LogP contribution in [0.15, 0.2) is 0 Å². The highest BCUT2D eigenvalue weighted by molar-refractivity contribution is 5.81. The van der Waals surface area contributed by atoms with Crippen LogP contribution in [0.4, 0.5) is 0 Å². The lowest BCUT2D eigenvalue weighted by Crippen LogP contribution is -2.50. The Morgan fingerprint density at radius 3 is 3.00 bits per heavy atom. The zero-order valence-corrected chi connectivity index (χ0v) is 8.32. The van der Waals surface area contributed by atoms with Gasteiger partial charge in [-0.25, -0.2) is 0 Å². The molecule has 0 aliphatic carbocycles. The third-order valence-corrected chi connectivity index (χ3v) is 2.30. The fourth-order valence-corrected chi connectivity index (χ4v) is 1.45. The molecule has 1 fully saturated rings. The van der Waals surface area contributed by atoms with E-state index < -0.39 is 6.04 Å². The van der Waals surface area contributed by atoms with Crippen LogP contribution in [0.1, 0.15) is 20.3 Å². The monoisotopic (exact) mass is 186 g/mol. The maximum atomic E-state index is 11.5. The van der Waals surface area contributed by atoms with E-state index in [0.29, 0.717) is 19.7 Å². The molecule has 0 aromatic heterocycles. The molecule has 0 radical (unpaired) electrons. The fourth-order valence-electron chi connectivity index (χ4n) is 1.45. The third kappa shape index (κ3) is 2.67. The first kappa shape index (κ1) is 10.5. The molecule has 1 rings (SSSR count). The largest absolute Gasteiger partial charge is 0.375 e. The van der Waals surface area contributed by atoms with Crippen molar-refractivity contribution in [2.45, 2.75) is 32.4 Å². The van der Waals surface area contributed by atoms with Crippen LogP contribution >= 0.6 is 0 Å². The first-order chi connectivity index (χ1) is 6.15. The minimum absolute atomic E-state index is 0.0294. The molecule has 1 amide bonds. The molecule has 2 N–H and O–H groups in total. The predicted molar refractivity (Wildman–Crippen MR) is 50.3 cm³/mol. The molecule has 1 saturated heterocycles. The number of ether oxygens (including phenoxy) is 1. The fraction of sp³-hybridized carbons (Fsp3) is 0.889. The topological polar surface area (TPSA) is 55.6 Å². The second-order valence-corrected chi connectivity index (χ2v) is 3.47. The van der Waals surface area contributed by atoms with Crippen molar-refractivity contribution in [1.29, 1.82) is 0 Å². The highest BCUT2D eigenvalue weighted by Gasteiger charge is 2.24. The maximum absolute atomic E-state index is 11.5. The minimum Gasteiger partial charge on any atom is -0.375 e. The van der Waals surface area contributed by atoms with Gasteiger partial charge in [-0.2, -0.15) is 0 Å². The number of nitrogens with two attached hydrogens (primary N) is 1. The van der Waals surface area contributed by atoms with Gasteiger partial charge in [0, 0.05) is 13.1 Å². The summed E-state index contributed by atoms with van der Waals surface area (Å²) in [5, 5.41) is 0. The standard InChI is InChI=1S/C9H18N2O2/c1-3-8-6-11(4-5-13-8)9(12)7(2)10/h7-8H,3-6,10H2,1-2H3. The maximum Gasteiger partial charge on any atom is 0.239 e. The lowest BCUT2D eigenvalue weighted by molar-refractivity contribution is -0.139. The van der Waals surface area contributed by atoms with Crippen molar-refractivity contribution in [1.82, 2.24) is 4.90 Å². The summed E-state index contributed by atoms with van der Waals surface area (Å²) in [5.74, 6) is 0.0294. The van der Waals surface area contributed by atoms with Gasteiger partial charge in [-0.15, -0.1) is 0 Å². The molecule has 0 spiro atoms. The lowest BCUT2D eigenvalue weighted by Gasteiger charge is -2.33. The summed E-state index contributed by atoms with van der Waals surface area (Å²) < 4.78 is 5.45. The van der Waals surface area contributed by atoms with Crippen molar-refractivity contribution in [3.05, 3.63) is 0 Å². The van der Waals surface area contributed by atoms with Gasteiger partial charge >= 0.3 is 0 Å². The van der Waals surface area contributed by atoms with E-state index in [1.807, 2.05) is 0 Å². The van der Waals surface area contributed by atoms with Crippen LogP contribution in [-0.2, 0) is 9.53 Å². The molecule has 2 unspecified atom stereocenters. The molecule has 0 aromatic carbocycles. The molecule has 0 saturated carbocycles. The molecular formula is C9H18N2O2. The van der Waals surface area contributed by atoms with Crippen molar-refractivity contribution in [3.63, 3.8) is 0 Å². The van der Waals surface area contributed by atoms with Crippen LogP contribution < -0.4 is 5.73 Å². The number of hydrogen-bond acceptors (Lipinski definition) is 3. The van der Waals surface area contributed by atoms with E-state index in [-0.39, 0.29) is 12.0 Å². The van der Waals surface area contributed by atoms with E-state index in [1.165, 1.54) is 0 Å². The average Bonchev–Trinajstić information content (AvgIpc) is 2.16. The third-order valence-electron chi connectivity index (χ3n) is 2.30. The zero-order valence-electron chi connectivity index (χ0n) is 8.32. The van der Waals surface area contributed by atoms with E-state index in [4.69, 9.17) is 10.5 Å². The van der Waals surface area contributed by atoms with Crippen LogP contribution in [0.2, 0.25) is 0 Å². The second kappa shape index (κ2) is 4.58. The number of carbonyl (C=O) groups is 1. The SMILES string of the molecule is CCC1CN(C(=O)C(C)N)CCO1. The van der Waals surface area contributed by atoms with Crippen LogP contribution in [0.3, 0.4) is 0 Å². The summed E-state index contributed by atoms with van der Waals surface area (Å²) in [4.78, 5) is 13.3. The van der Waals surface area contributed by atoms with Gasteiger partial charge in [-0.3, -0.25) is 4.79 Å². The number of morpholine rings is 1. The summed E-state index contributed by atoms with van der Waals surface area (Å²) in [6, 6.07) is -0.393. The Bertz CT molecular complexity index is 182. The Labute approximate surface area is 79.0 Å². The molecule has 1 aliphatic rings. The molecule has 1 aliphatic heterocycles.